The molecule has 1 aromatic carbocycles. The highest BCUT2D eigenvalue weighted by Gasteiger charge is 2.47. The molecule has 7 heteroatoms. The fourth-order valence-electron chi connectivity index (χ4n) is 3.95. The SMILES string of the molecule is CCOC(=O)CCC(=O)N1CCC2(CC1)SCCN2C(=O)c1cccc(C)c1. The second-order valence-corrected chi connectivity index (χ2v) is 8.76. The zero-order valence-electron chi connectivity index (χ0n) is 16.6. The van der Waals surface area contributed by atoms with Crippen molar-refractivity contribution in [3.8, 4) is 0 Å². The van der Waals surface area contributed by atoms with E-state index in [1.165, 1.54) is 0 Å². The number of hydrogen-bond acceptors (Lipinski definition) is 5. The summed E-state index contributed by atoms with van der Waals surface area (Å²) in [6.07, 6.45) is 1.84. The summed E-state index contributed by atoms with van der Waals surface area (Å²) in [6, 6.07) is 7.72. The normalized spacial score (nSPS) is 18.4. The molecule has 3 rings (SSSR count). The molecule has 0 bridgehead atoms. The fourth-order valence-corrected chi connectivity index (χ4v) is 5.40. The van der Waals surface area contributed by atoms with Crippen molar-refractivity contribution in [2.45, 2.75) is 44.4 Å². The molecular formula is C21H28N2O4S. The first-order valence-corrected chi connectivity index (χ1v) is 10.9. The molecular weight excluding hydrogens is 376 g/mol. The first-order chi connectivity index (χ1) is 13.4. The van der Waals surface area contributed by atoms with E-state index in [0.29, 0.717) is 19.7 Å². The van der Waals surface area contributed by atoms with Gasteiger partial charge in [-0.05, 0) is 38.8 Å². The Labute approximate surface area is 170 Å². The first-order valence-electron chi connectivity index (χ1n) is 9.91. The van der Waals surface area contributed by atoms with Crippen LogP contribution in [0.5, 0.6) is 0 Å². The van der Waals surface area contributed by atoms with Gasteiger partial charge in [0.05, 0.1) is 17.9 Å². The number of nitrogens with zero attached hydrogens (tertiary/aromatic N) is 2. The summed E-state index contributed by atoms with van der Waals surface area (Å²) in [6.45, 7) is 6.06. The van der Waals surface area contributed by atoms with Crippen molar-refractivity contribution >= 4 is 29.5 Å². The van der Waals surface area contributed by atoms with Crippen LogP contribution in [0, 0.1) is 6.92 Å². The molecule has 2 fully saturated rings. The molecule has 0 atom stereocenters. The Kier molecular flexibility index (Phi) is 6.65. The van der Waals surface area contributed by atoms with Crippen molar-refractivity contribution in [1.82, 2.24) is 9.80 Å². The van der Waals surface area contributed by atoms with Gasteiger partial charge in [-0.15, -0.1) is 11.8 Å². The summed E-state index contributed by atoms with van der Waals surface area (Å²) in [5.74, 6) is 0.665. The Hall–Kier alpha value is -2.02. The second kappa shape index (κ2) is 8.99. The van der Waals surface area contributed by atoms with E-state index in [1.54, 1.807) is 6.92 Å². The monoisotopic (exact) mass is 404 g/mol. The Morgan fingerprint density at radius 3 is 2.57 bits per heavy atom. The van der Waals surface area contributed by atoms with Crippen LogP contribution in [0.1, 0.15) is 48.5 Å². The highest BCUT2D eigenvalue weighted by atomic mass is 32.2. The number of benzene rings is 1. The molecule has 0 radical (unpaired) electrons. The lowest BCUT2D eigenvalue weighted by Gasteiger charge is -2.44. The van der Waals surface area contributed by atoms with Crippen LogP contribution in [-0.2, 0) is 14.3 Å². The Morgan fingerprint density at radius 2 is 1.89 bits per heavy atom. The van der Waals surface area contributed by atoms with Crippen LogP contribution in [0.25, 0.3) is 0 Å². The zero-order chi connectivity index (χ0) is 20.1. The van der Waals surface area contributed by atoms with Crippen molar-refractivity contribution in [2.24, 2.45) is 0 Å². The van der Waals surface area contributed by atoms with Gasteiger partial charge in [-0.25, -0.2) is 0 Å². The lowest BCUT2D eigenvalue weighted by molar-refractivity contribution is -0.146. The molecule has 0 aromatic heterocycles. The summed E-state index contributed by atoms with van der Waals surface area (Å²) in [7, 11) is 0. The number of esters is 1. The largest absolute Gasteiger partial charge is 0.466 e. The van der Waals surface area contributed by atoms with Crippen molar-refractivity contribution < 1.29 is 19.1 Å². The van der Waals surface area contributed by atoms with Crippen LogP contribution in [0.15, 0.2) is 24.3 Å². The van der Waals surface area contributed by atoms with Crippen LogP contribution in [0.2, 0.25) is 0 Å². The number of ether oxygens (including phenoxy) is 1. The molecule has 6 nitrogen and oxygen atoms in total. The molecule has 0 unspecified atom stereocenters. The van der Waals surface area contributed by atoms with E-state index in [9.17, 15) is 14.4 Å². The third-order valence-corrected chi connectivity index (χ3v) is 6.99. The van der Waals surface area contributed by atoms with Crippen LogP contribution in [-0.4, -0.2) is 64.4 Å². The molecule has 0 N–H and O–H groups in total. The zero-order valence-corrected chi connectivity index (χ0v) is 17.4. The number of carbonyl (C=O) groups is 3. The Morgan fingerprint density at radius 1 is 1.14 bits per heavy atom. The van der Waals surface area contributed by atoms with Gasteiger partial charge in [-0.1, -0.05) is 17.7 Å². The van der Waals surface area contributed by atoms with Crippen molar-refractivity contribution in [2.75, 3.05) is 32.0 Å². The molecule has 0 saturated carbocycles. The van der Waals surface area contributed by atoms with E-state index in [0.717, 1.165) is 36.3 Å². The van der Waals surface area contributed by atoms with Gasteiger partial charge in [0.1, 0.15) is 0 Å². The molecule has 2 amide bonds. The summed E-state index contributed by atoms with van der Waals surface area (Å²) in [5, 5.41) is 0. The lowest BCUT2D eigenvalue weighted by atomic mass is 10.00. The number of thioether (sulfide) groups is 1. The van der Waals surface area contributed by atoms with E-state index in [2.05, 4.69) is 0 Å². The van der Waals surface area contributed by atoms with Gasteiger partial charge in [0.2, 0.25) is 5.91 Å². The number of hydrogen-bond donors (Lipinski definition) is 0. The van der Waals surface area contributed by atoms with E-state index in [4.69, 9.17) is 4.74 Å². The van der Waals surface area contributed by atoms with Gasteiger partial charge < -0.3 is 14.5 Å². The number of amides is 2. The predicted molar refractivity (Wildman–Crippen MR) is 109 cm³/mol. The molecule has 1 spiro atoms. The standard InChI is InChI=1S/C21H28N2O4S/c1-3-27-19(25)8-7-18(24)22-11-9-21(10-12-22)23(13-14-28-21)20(26)17-6-4-5-16(2)15-17/h4-6,15H,3,7-14H2,1-2H3. The van der Waals surface area contributed by atoms with Gasteiger partial charge >= 0.3 is 5.97 Å². The van der Waals surface area contributed by atoms with Crippen molar-refractivity contribution in [1.29, 1.82) is 0 Å². The maximum absolute atomic E-state index is 13.1. The number of rotatable bonds is 5. The lowest BCUT2D eigenvalue weighted by Crippen LogP contribution is -2.53. The Balaban J connectivity index is 1.59. The van der Waals surface area contributed by atoms with Gasteiger partial charge in [0.25, 0.3) is 5.91 Å². The minimum Gasteiger partial charge on any atom is -0.466 e. The van der Waals surface area contributed by atoms with Crippen LogP contribution < -0.4 is 0 Å². The minimum atomic E-state index is -0.328. The summed E-state index contributed by atoms with van der Waals surface area (Å²) in [5.41, 5.74) is 1.81. The molecule has 2 aliphatic heterocycles. The minimum absolute atomic E-state index is 0.0116. The van der Waals surface area contributed by atoms with Crippen LogP contribution in [0.3, 0.4) is 0 Å². The topological polar surface area (TPSA) is 66.9 Å². The second-order valence-electron chi connectivity index (χ2n) is 7.31. The molecule has 2 aliphatic rings. The van der Waals surface area contributed by atoms with E-state index >= 15 is 0 Å². The molecule has 28 heavy (non-hydrogen) atoms. The van der Waals surface area contributed by atoms with Gasteiger partial charge in [0, 0.05) is 37.4 Å². The fraction of sp³-hybridized carbons (Fsp3) is 0.571. The van der Waals surface area contributed by atoms with Crippen molar-refractivity contribution in [3.05, 3.63) is 35.4 Å². The Bertz CT molecular complexity index is 744. The molecule has 2 saturated heterocycles. The van der Waals surface area contributed by atoms with Crippen molar-refractivity contribution in [3.63, 3.8) is 0 Å². The molecule has 152 valence electrons. The van der Waals surface area contributed by atoms with Gasteiger partial charge in [0.15, 0.2) is 0 Å². The van der Waals surface area contributed by atoms with E-state index in [1.807, 2.05) is 52.8 Å². The van der Waals surface area contributed by atoms with Gasteiger partial charge in [-0.3, -0.25) is 14.4 Å². The summed E-state index contributed by atoms with van der Waals surface area (Å²) >= 11 is 1.83. The number of carbonyl (C=O) groups excluding carboxylic acids is 3. The molecule has 2 heterocycles. The predicted octanol–water partition coefficient (Wildman–Crippen LogP) is 2.85. The van der Waals surface area contributed by atoms with Gasteiger partial charge in [-0.2, -0.15) is 0 Å². The quantitative estimate of drug-likeness (QED) is 0.706. The molecule has 0 aliphatic carbocycles. The molecule has 1 aromatic rings. The maximum atomic E-state index is 13.1. The van der Waals surface area contributed by atoms with Crippen LogP contribution in [0.4, 0.5) is 0 Å². The third-order valence-electron chi connectivity index (χ3n) is 5.43. The smallest absolute Gasteiger partial charge is 0.306 e. The third kappa shape index (κ3) is 4.51. The summed E-state index contributed by atoms with van der Waals surface area (Å²) < 4.78 is 4.89. The van der Waals surface area contributed by atoms with E-state index in [-0.39, 0.29) is 35.5 Å². The first kappa shape index (κ1) is 20.7. The number of piperidine rings is 1. The number of aryl methyl sites for hydroxylation is 1. The highest BCUT2D eigenvalue weighted by molar-refractivity contribution is 8.00. The average molecular weight is 405 g/mol. The highest BCUT2D eigenvalue weighted by Crippen LogP contribution is 2.44. The van der Waals surface area contributed by atoms with Crippen LogP contribution >= 0.6 is 11.8 Å². The van der Waals surface area contributed by atoms with E-state index < -0.39 is 0 Å². The average Bonchev–Trinajstić information content (AvgIpc) is 3.09. The summed E-state index contributed by atoms with van der Waals surface area (Å²) in [4.78, 5) is 40.6. The maximum Gasteiger partial charge on any atom is 0.306 e. The number of likely N-dealkylation sites (tertiary alicyclic amines) is 1.